The molecule has 2 fully saturated rings. The zero-order valence-electron chi connectivity index (χ0n) is 30.0. The summed E-state index contributed by atoms with van der Waals surface area (Å²) in [5.41, 5.74) is 1.38. The summed E-state index contributed by atoms with van der Waals surface area (Å²) < 4.78 is 21.8. The molecule has 270 valence electrons. The number of ketones is 2. The maximum absolute atomic E-state index is 13.4. The van der Waals surface area contributed by atoms with E-state index in [9.17, 15) is 29.4 Å². The minimum atomic E-state index is -2.31. The molecule has 0 aliphatic carbocycles. The van der Waals surface area contributed by atoms with Crippen LogP contribution in [0.5, 0.6) is 0 Å². The van der Waals surface area contributed by atoms with Crippen molar-refractivity contribution in [2.45, 2.75) is 116 Å². The zero-order chi connectivity index (χ0) is 36.2. The molecule has 2 rings (SSSR count). The van der Waals surface area contributed by atoms with Crippen molar-refractivity contribution < 1.29 is 48.3 Å². The minimum absolute atomic E-state index is 0.102. The fourth-order valence-electron chi connectivity index (χ4n) is 6.37. The number of carbonyl (C=O) groups is 4. The number of aliphatic hydroxyl groups is 2. The highest BCUT2D eigenvalue weighted by Gasteiger charge is 2.52. The minimum Gasteiger partial charge on any atom is -0.467 e. The van der Waals surface area contributed by atoms with Gasteiger partial charge in [0.25, 0.3) is 11.7 Å². The van der Waals surface area contributed by atoms with Gasteiger partial charge in [-0.2, -0.15) is 0 Å². The predicted octanol–water partition coefficient (Wildman–Crippen LogP) is 4.26. The van der Waals surface area contributed by atoms with Crippen LogP contribution in [0.3, 0.4) is 0 Å². The van der Waals surface area contributed by atoms with Crippen LogP contribution in [0.2, 0.25) is 0 Å². The summed E-state index contributed by atoms with van der Waals surface area (Å²) in [6, 6.07) is -0.863. The Balaban J connectivity index is 2.00. The molecule has 0 radical (unpaired) electrons. The lowest BCUT2D eigenvalue weighted by molar-refractivity contribution is -0.265. The number of ether oxygens (including phenoxy) is 4. The third-order valence-electron chi connectivity index (χ3n) is 9.52. The van der Waals surface area contributed by atoms with Crippen molar-refractivity contribution in [2.24, 2.45) is 17.8 Å². The van der Waals surface area contributed by atoms with Crippen LogP contribution >= 0.6 is 0 Å². The van der Waals surface area contributed by atoms with Crippen LogP contribution in [0.15, 0.2) is 48.1 Å². The van der Waals surface area contributed by atoms with Crippen LogP contribution in [-0.4, -0.2) is 103 Å². The van der Waals surface area contributed by atoms with Crippen molar-refractivity contribution in [3.05, 3.63) is 48.1 Å². The molecule has 48 heavy (non-hydrogen) atoms. The molecule has 11 nitrogen and oxygen atoms in total. The Bertz CT molecular complexity index is 1220. The molecule has 0 unspecified atom stereocenters. The normalized spacial score (nSPS) is 26.9. The van der Waals surface area contributed by atoms with Gasteiger partial charge in [-0.15, -0.1) is 0 Å². The van der Waals surface area contributed by atoms with Gasteiger partial charge in [0, 0.05) is 39.0 Å². The van der Waals surface area contributed by atoms with Gasteiger partial charge in [-0.05, 0) is 69.4 Å². The van der Waals surface area contributed by atoms with Gasteiger partial charge in [0.15, 0.2) is 5.78 Å². The van der Waals surface area contributed by atoms with Crippen LogP contribution in [0, 0.1) is 17.8 Å². The first kappa shape index (κ1) is 41.2. The number of likely N-dealkylation sites (tertiary alicyclic amines) is 1. The summed E-state index contributed by atoms with van der Waals surface area (Å²) in [5.74, 6) is -5.89. The third-order valence-corrected chi connectivity index (χ3v) is 9.52. The number of methoxy groups -OCH3 is 3. The number of hydrogen-bond donors (Lipinski definition) is 2. The van der Waals surface area contributed by atoms with Crippen molar-refractivity contribution in [1.29, 1.82) is 0 Å². The van der Waals surface area contributed by atoms with Crippen molar-refractivity contribution in [3.8, 4) is 0 Å². The highest BCUT2D eigenvalue weighted by Crippen LogP contribution is 2.36. The van der Waals surface area contributed by atoms with Gasteiger partial charge in [-0.1, -0.05) is 57.7 Å². The fraction of sp³-hybridized carbons (Fsp3) is 0.676. The molecule has 0 aromatic rings. The Morgan fingerprint density at radius 3 is 2.31 bits per heavy atom. The second kappa shape index (κ2) is 19.3. The molecule has 0 bridgehead atoms. The van der Waals surface area contributed by atoms with Crippen molar-refractivity contribution >= 4 is 23.4 Å². The number of Topliss-reactive ketones (excluding diaryl/α,β-unsaturated/α-hetero) is 2. The van der Waals surface area contributed by atoms with E-state index in [1.54, 1.807) is 21.0 Å². The van der Waals surface area contributed by atoms with E-state index < -0.39 is 53.7 Å². The summed E-state index contributed by atoms with van der Waals surface area (Å²) >= 11 is 0. The van der Waals surface area contributed by atoms with Gasteiger partial charge in [0.05, 0.1) is 19.3 Å². The SMILES string of the molecule is C=C(C)[C@@H](O)[C@@H](OC)C(=O)[C@H](C)C[C@H](C)/C=C/C=C/C=C(\C)[C@H](C[C@@H]1CC[C@@H](C)[C@](O)(C(=O)C(=O)N2CCCC[C@H]2C(=O)OC)O1)OC. The first-order valence-electron chi connectivity index (χ1n) is 16.9. The quantitative estimate of drug-likeness (QED) is 0.0992. The van der Waals surface area contributed by atoms with E-state index in [-0.39, 0.29) is 30.3 Å². The van der Waals surface area contributed by atoms with Crippen LogP contribution in [0.25, 0.3) is 0 Å². The average molecular weight is 676 g/mol. The third kappa shape index (κ3) is 10.8. The Morgan fingerprint density at radius 2 is 1.71 bits per heavy atom. The van der Waals surface area contributed by atoms with E-state index >= 15 is 0 Å². The standard InChI is InChI=1S/C37H57NO10/c1-23(2)31(39)33(46-8)32(40)26(5)21-24(3)15-11-10-12-16-25(4)30(45-7)22-28-19-18-27(6)37(44,48-28)34(41)35(42)38-20-14-13-17-29(38)36(43)47-9/h10-12,15-16,24,26-31,33,39,44H,1,13-14,17-22H2,2-9H3/b12-10+,15-11+,25-16+/t24-,26-,27-,28+,29+,30+,31-,33-,37-/m1/s1. The Morgan fingerprint density at radius 1 is 1.02 bits per heavy atom. The number of nitrogens with zero attached hydrogens (tertiary/aromatic N) is 1. The second-order valence-electron chi connectivity index (χ2n) is 13.4. The number of rotatable bonds is 17. The second-order valence-corrected chi connectivity index (χ2v) is 13.4. The van der Waals surface area contributed by atoms with Crippen LogP contribution < -0.4 is 0 Å². The molecule has 2 N–H and O–H groups in total. The van der Waals surface area contributed by atoms with Crippen LogP contribution in [0.4, 0.5) is 0 Å². The summed E-state index contributed by atoms with van der Waals surface area (Å²) in [7, 11) is 4.23. The van der Waals surface area contributed by atoms with Crippen molar-refractivity contribution in [3.63, 3.8) is 0 Å². The van der Waals surface area contributed by atoms with E-state index in [1.165, 1.54) is 19.1 Å². The number of piperidine rings is 1. The summed E-state index contributed by atoms with van der Waals surface area (Å²) in [5, 5.41) is 21.7. The van der Waals surface area contributed by atoms with E-state index in [0.717, 1.165) is 12.0 Å². The number of hydrogen-bond acceptors (Lipinski definition) is 10. The van der Waals surface area contributed by atoms with Gasteiger partial charge in [-0.25, -0.2) is 4.79 Å². The van der Waals surface area contributed by atoms with Crippen molar-refractivity contribution in [1.82, 2.24) is 4.90 Å². The topological polar surface area (TPSA) is 149 Å². The molecule has 2 heterocycles. The first-order valence-corrected chi connectivity index (χ1v) is 16.9. The highest BCUT2D eigenvalue weighted by molar-refractivity contribution is 6.39. The molecule has 2 aliphatic heterocycles. The molecular weight excluding hydrogens is 618 g/mol. The first-order chi connectivity index (χ1) is 22.6. The molecule has 0 spiro atoms. The lowest BCUT2D eigenvalue weighted by Gasteiger charge is -2.42. The summed E-state index contributed by atoms with van der Waals surface area (Å²) in [6.45, 7) is 13.0. The number of allylic oxidation sites excluding steroid dienone is 5. The molecule has 1 amide bonds. The van der Waals surface area contributed by atoms with E-state index in [2.05, 4.69) is 6.58 Å². The molecule has 0 saturated carbocycles. The Labute approximate surface area is 286 Å². The highest BCUT2D eigenvalue weighted by atomic mass is 16.6. The number of carbonyl (C=O) groups excluding carboxylic acids is 4. The molecule has 2 aliphatic rings. The zero-order valence-corrected chi connectivity index (χ0v) is 30.0. The van der Waals surface area contributed by atoms with Crippen LogP contribution in [-0.2, 0) is 38.1 Å². The average Bonchev–Trinajstić information content (AvgIpc) is 3.07. The molecule has 2 saturated heterocycles. The molecule has 11 heteroatoms. The monoisotopic (exact) mass is 675 g/mol. The molecule has 9 atom stereocenters. The molecular formula is C37H57NO10. The maximum atomic E-state index is 13.4. The largest absolute Gasteiger partial charge is 0.467 e. The number of aliphatic hydroxyl groups excluding tert-OH is 1. The molecule has 0 aromatic carbocycles. The van der Waals surface area contributed by atoms with Crippen molar-refractivity contribution in [2.75, 3.05) is 27.9 Å². The van der Waals surface area contributed by atoms with Crippen LogP contribution in [0.1, 0.15) is 79.6 Å². The van der Waals surface area contributed by atoms with Gasteiger partial charge < -0.3 is 34.1 Å². The summed E-state index contributed by atoms with van der Waals surface area (Å²) in [6.07, 6.45) is 10.4. The maximum Gasteiger partial charge on any atom is 0.328 e. The van der Waals surface area contributed by atoms with E-state index in [1.807, 2.05) is 51.2 Å². The van der Waals surface area contributed by atoms with Gasteiger partial charge in [-0.3, -0.25) is 14.4 Å². The summed E-state index contributed by atoms with van der Waals surface area (Å²) in [4.78, 5) is 53.1. The Hall–Kier alpha value is -2.96. The smallest absolute Gasteiger partial charge is 0.328 e. The lowest BCUT2D eigenvalue weighted by Crippen LogP contribution is -2.60. The van der Waals surface area contributed by atoms with Gasteiger partial charge in [0.1, 0.15) is 18.2 Å². The predicted molar refractivity (Wildman–Crippen MR) is 182 cm³/mol. The fourth-order valence-corrected chi connectivity index (χ4v) is 6.37. The van der Waals surface area contributed by atoms with E-state index in [4.69, 9.17) is 18.9 Å². The molecule has 0 aromatic heterocycles. The van der Waals surface area contributed by atoms with E-state index in [0.29, 0.717) is 44.1 Å². The number of esters is 1. The van der Waals surface area contributed by atoms with Gasteiger partial charge >= 0.3 is 5.97 Å². The Kier molecular flexibility index (Phi) is 16.6. The number of amides is 1. The van der Waals surface area contributed by atoms with Gasteiger partial charge in [0.2, 0.25) is 5.79 Å². The lowest BCUT2D eigenvalue weighted by atomic mass is 9.85.